The Balaban J connectivity index is 1.34. The third kappa shape index (κ3) is 3.27. The highest BCUT2D eigenvalue weighted by atomic mass is 19.1. The van der Waals surface area contributed by atoms with E-state index >= 15 is 0 Å². The van der Waals surface area contributed by atoms with Gasteiger partial charge in [0.2, 0.25) is 5.95 Å². The van der Waals surface area contributed by atoms with Gasteiger partial charge in [0.05, 0.1) is 12.2 Å². The fourth-order valence-corrected chi connectivity index (χ4v) is 4.89. The Morgan fingerprint density at radius 3 is 2.47 bits per heavy atom. The monoisotopic (exact) mass is 447 g/mol. The highest BCUT2D eigenvalue weighted by molar-refractivity contribution is 5.91. The summed E-state index contributed by atoms with van der Waals surface area (Å²) >= 11 is 0. The molecule has 0 bridgehead atoms. The number of carbonyl (C=O) groups excluding carboxylic acids is 2. The maximum atomic E-state index is 13.7. The molecule has 1 spiro atoms. The largest absolute Gasteiger partial charge is 0.364 e. The molecule has 3 fully saturated rings. The molecule has 3 saturated heterocycles. The minimum Gasteiger partial charge on any atom is -0.364 e. The predicted octanol–water partition coefficient (Wildman–Crippen LogP) is 2.05. The van der Waals surface area contributed by atoms with Crippen LogP contribution in [-0.2, 0) is 9.53 Å². The summed E-state index contributed by atoms with van der Waals surface area (Å²) in [4.78, 5) is 35.9. The van der Waals surface area contributed by atoms with Crippen LogP contribution in [0, 0.1) is 17.5 Å². The number of rotatable bonds is 3. The van der Waals surface area contributed by atoms with E-state index in [0.717, 1.165) is 12.3 Å². The summed E-state index contributed by atoms with van der Waals surface area (Å²) < 4.78 is 47.3. The fraction of sp³-hybridized carbons (Fsp3) is 0.429. The number of nitrogens with zero attached hydrogens (tertiary/aromatic N) is 4. The van der Waals surface area contributed by atoms with Gasteiger partial charge in [-0.25, -0.2) is 23.1 Å². The third-order valence-corrected chi connectivity index (χ3v) is 6.41. The second-order valence-electron chi connectivity index (χ2n) is 8.29. The van der Waals surface area contributed by atoms with Crippen molar-refractivity contribution in [3.05, 3.63) is 53.1 Å². The standard InChI is InChI=1S/C21H20F3N5O3/c22-12-7-11(8-13(23)9-12)15-1-2-16-29(15)19(31)21(32-16)3-5-28(6-4-21)20-26-10-14(24)17(27-20)18(25)30/h7-10,15-16H,1-6H2,(H2,25,30)/t15-,16+/m0/s1. The first kappa shape index (κ1) is 20.7. The highest BCUT2D eigenvalue weighted by Gasteiger charge is 2.58. The number of hydrogen-bond acceptors (Lipinski definition) is 6. The molecule has 1 aromatic carbocycles. The van der Waals surface area contributed by atoms with Gasteiger partial charge in [-0.15, -0.1) is 0 Å². The zero-order valence-electron chi connectivity index (χ0n) is 16.9. The number of piperidine rings is 1. The van der Waals surface area contributed by atoms with Crippen LogP contribution in [0.3, 0.4) is 0 Å². The lowest BCUT2D eigenvalue weighted by Gasteiger charge is -2.37. The van der Waals surface area contributed by atoms with Crippen LogP contribution in [0.1, 0.15) is 47.8 Å². The van der Waals surface area contributed by atoms with Gasteiger partial charge in [-0.2, -0.15) is 0 Å². The zero-order valence-corrected chi connectivity index (χ0v) is 16.9. The molecule has 0 radical (unpaired) electrons. The van der Waals surface area contributed by atoms with Gasteiger partial charge in [0, 0.05) is 32.0 Å². The molecule has 3 aliphatic heterocycles. The van der Waals surface area contributed by atoms with E-state index in [1.165, 1.54) is 12.1 Å². The maximum Gasteiger partial charge on any atom is 0.270 e. The molecule has 5 rings (SSSR count). The lowest BCUT2D eigenvalue weighted by atomic mass is 9.89. The van der Waals surface area contributed by atoms with Crippen molar-refractivity contribution in [1.82, 2.24) is 14.9 Å². The molecule has 32 heavy (non-hydrogen) atoms. The molecule has 0 unspecified atom stereocenters. The molecule has 11 heteroatoms. The fourth-order valence-electron chi connectivity index (χ4n) is 4.89. The van der Waals surface area contributed by atoms with E-state index in [2.05, 4.69) is 9.97 Å². The lowest BCUT2D eigenvalue weighted by molar-refractivity contribution is -0.140. The van der Waals surface area contributed by atoms with Crippen LogP contribution in [0.5, 0.6) is 0 Å². The highest BCUT2D eigenvalue weighted by Crippen LogP contribution is 2.47. The first-order valence-corrected chi connectivity index (χ1v) is 10.3. The van der Waals surface area contributed by atoms with Gasteiger partial charge >= 0.3 is 0 Å². The lowest BCUT2D eigenvalue weighted by Crippen LogP contribution is -2.50. The van der Waals surface area contributed by atoms with E-state index in [1.807, 2.05) is 0 Å². The molecule has 2 atom stereocenters. The molecule has 0 saturated carbocycles. The molecule has 1 aromatic heterocycles. The molecule has 2 N–H and O–H groups in total. The van der Waals surface area contributed by atoms with Gasteiger partial charge in [0.15, 0.2) is 17.1 Å². The summed E-state index contributed by atoms with van der Waals surface area (Å²) in [6, 6.07) is 2.85. The number of benzene rings is 1. The second-order valence-corrected chi connectivity index (χ2v) is 8.29. The summed E-state index contributed by atoms with van der Waals surface area (Å²) in [6.45, 7) is 0.685. The van der Waals surface area contributed by atoms with Crippen molar-refractivity contribution in [3.8, 4) is 0 Å². The molecule has 3 aliphatic rings. The van der Waals surface area contributed by atoms with Crippen LogP contribution in [0.15, 0.2) is 24.4 Å². The second kappa shape index (κ2) is 7.44. The van der Waals surface area contributed by atoms with Crippen LogP contribution in [0.25, 0.3) is 0 Å². The van der Waals surface area contributed by atoms with E-state index in [1.54, 1.807) is 9.80 Å². The Hall–Kier alpha value is -3.21. The summed E-state index contributed by atoms with van der Waals surface area (Å²) in [6.07, 6.45) is 2.23. The first-order valence-electron chi connectivity index (χ1n) is 10.3. The van der Waals surface area contributed by atoms with Crippen LogP contribution in [-0.4, -0.2) is 51.6 Å². The number of halogens is 3. The van der Waals surface area contributed by atoms with Gasteiger partial charge in [0.25, 0.3) is 11.8 Å². The summed E-state index contributed by atoms with van der Waals surface area (Å²) in [5.41, 5.74) is 4.03. The van der Waals surface area contributed by atoms with Crippen molar-refractivity contribution in [2.45, 2.75) is 43.6 Å². The van der Waals surface area contributed by atoms with Crippen molar-refractivity contribution in [1.29, 1.82) is 0 Å². The van der Waals surface area contributed by atoms with E-state index in [-0.39, 0.29) is 11.9 Å². The molecule has 4 heterocycles. The maximum absolute atomic E-state index is 13.7. The van der Waals surface area contributed by atoms with E-state index in [0.29, 0.717) is 44.3 Å². The number of carbonyl (C=O) groups is 2. The first-order chi connectivity index (χ1) is 15.3. The Morgan fingerprint density at radius 1 is 1.12 bits per heavy atom. The summed E-state index contributed by atoms with van der Waals surface area (Å²) in [5, 5.41) is 0. The average molecular weight is 447 g/mol. The Morgan fingerprint density at radius 2 is 1.81 bits per heavy atom. The number of primary amides is 1. The van der Waals surface area contributed by atoms with Crippen molar-refractivity contribution < 1.29 is 27.5 Å². The number of hydrogen-bond donors (Lipinski definition) is 1. The molecule has 2 amide bonds. The number of nitrogens with two attached hydrogens (primary N) is 1. The minimum atomic E-state index is -1.04. The molecule has 168 valence electrons. The van der Waals surface area contributed by atoms with Crippen molar-refractivity contribution in [2.75, 3.05) is 18.0 Å². The quantitative estimate of drug-likeness (QED) is 0.773. The topological polar surface area (TPSA) is 102 Å². The van der Waals surface area contributed by atoms with Gasteiger partial charge in [-0.3, -0.25) is 9.59 Å². The molecule has 8 nitrogen and oxygen atoms in total. The minimum absolute atomic E-state index is 0.147. The number of aromatic nitrogens is 2. The van der Waals surface area contributed by atoms with Gasteiger partial charge in [0.1, 0.15) is 17.9 Å². The van der Waals surface area contributed by atoms with Crippen molar-refractivity contribution in [2.24, 2.45) is 5.73 Å². The SMILES string of the molecule is NC(=O)c1nc(N2CCC3(CC2)O[C@@H]2CC[C@@H](c4cc(F)cc(F)c4)N2C3=O)ncc1F. The molecule has 0 aliphatic carbocycles. The molecular weight excluding hydrogens is 427 g/mol. The normalized spacial score (nSPS) is 24.3. The average Bonchev–Trinajstić information content (AvgIpc) is 3.26. The molecule has 2 aromatic rings. The third-order valence-electron chi connectivity index (χ3n) is 6.41. The van der Waals surface area contributed by atoms with Crippen molar-refractivity contribution >= 4 is 17.8 Å². The Bertz CT molecular complexity index is 1090. The van der Waals surface area contributed by atoms with Crippen LogP contribution in [0.2, 0.25) is 0 Å². The number of amides is 2. The van der Waals surface area contributed by atoms with Gasteiger partial charge in [-0.05, 0) is 30.5 Å². The van der Waals surface area contributed by atoms with Crippen LogP contribution < -0.4 is 10.6 Å². The summed E-state index contributed by atoms with van der Waals surface area (Å²) in [5.74, 6) is -3.32. The Kier molecular flexibility index (Phi) is 4.81. The van der Waals surface area contributed by atoms with E-state index in [9.17, 15) is 22.8 Å². The van der Waals surface area contributed by atoms with E-state index in [4.69, 9.17) is 10.5 Å². The number of fused-ring (bicyclic) bond motifs is 1. The van der Waals surface area contributed by atoms with Crippen molar-refractivity contribution in [3.63, 3.8) is 0 Å². The smallest absolute Gasteiger partial charge is 0.270 e. The molecular formula is C21H20F3N5O3. The Labute approximate surface area is 181 Å². The number of ether oxygens (including phenoxy) is 1. The van der Waals surface area contributed by atoms with E-state index < -0.39 is 46.9 Å². The van der Waals surface area contributed by atoms with Crippen LogP contribution in [0.4, 0.5) is 19.1 Å². The van der Waals surface area contributed by atoms with Gasteiger partial charge in [-0.1, -0.05) is 0 Å². The zero-order chi connectivity index (χ0) is 22.6. The summed E-state index contributed by atoms with van der Waals surface area (Å²) in [7, 11) is 0. The van der Waals surface area contributed by atoms with Crippen LogP contribution >= 0.6 is 0 Å². The number of anilines is 1. The predicted molar refractivity (Wildman–Crippen MR) is 105 cm³/mol. The van der Waals surface area contributed by atoms with Gasteiger partial charge < -0.3 is 20.3 Å².